The Morgan fingerprint density at radius 3 is 2.87 bits per heavy atom. The molecule has 7 heteroatoms. The first kappa shape index (κ1) is 11.2. The molecule has 0 bridgehead atoms. The second-order valence-electron chi connectivity index (χ2n) is 2.87. The third-order valence-corrected chi connectivity index (χ3v) is 1.65. The monoisotopic (exact) mass is 213 g/mol. The van der Waals surface area contributed by atoms with E-state index in [1.165, 1.54) is 6.39 Å². The fourth-order valence-corrected chi connectivity index (χ4v) is 0.937. The van der Waals surface area contributed by atoms with E-state index in [4.69, 9.17) is 5.11 Å². The standard InChI is InChI=1S/C8H11N3O4/c12-7(2-1-3-8(13)14)9-4-6-10-5-15-11-6/h5H,1-4H2,(H,9,12)(H,13,14). The molecule has 0 radical (unpaired) electrons. The zero-order valence-electron chi connectivity index (χ0n) is 7.97. The molecule has 82 valence electrons. The van der Waals surface area contributed by atoms with E-state index >= 15 is 0 Å². The molecule has 0 saturated heterocycles. The zero-order chi connectivity index (χ0) is 11.1. The van der Waals surface area contributed by atoms with Crippen LogP contribution in [0.5, 0.6) is 0 Å². The van der Waals surface area contributed by atoms with Gasteiger partial charge in [-0.15, -0.1) is 0 Å². The molecule has 0 atom stereocenters. The molecule has 1 heterocycles. The van der Waals surface area contributed by atoms with Gasteiger partial charge in [-0.05, 0) is 6.42 Å². The van der Waals surface area contributed by atoms with Crippen molar-refractivity contribution in [1.82, 2.24) is 15.5 Å². The largest absolute Gasteiger partial charge is 0.481 e. The van der Waals surface area contributed by atoms with Crippen molar-refractivity contribution in [2.24, 2.45) is 0 Å². The summed E-state index contributed by atoms with van der Waals surface area (Å²) >= 11 is 0. The van der Waals surface area contributed by atoms with Crippen LogP contribution in [0.15, 0.2) is 10.9 Å². The average Bonchev–Trinajstić information content (AvgIpc) is 2.66. The number of aromatic nitrogens is 2. The minimum absolute atomic E-state index is 0.00434. The first-order valence-electron chi connectivity index (χ1n) is 4.42. The van der Waals surface area contributed by atoms with Crippen molar-refractivity contribution in [1.29, 1.82) is 0 Å². The van der Waals surface area contributed by atoms with Gasteiger partial charge < -0.3 is 14.9 Å². The van der Waals surface area contributed by atoms with Gasteiger partial charge in [0.2, 0.25) is 12.3 Å². The van der Waals surface area contributed by atoms with Crippen LogP contribution in [0.3, 0.4) is 0 Å². The summed E-state index contributed by atoms with van der Waals surface area (Å²) in [6.45, 7) is 0.197. The summed E-state index contributed by atoms with van der Waals surface area (Å²) in [7, 11) is 0. The van der Waals surface area contributed by atoms with Crippen molar-refractivity contribution >= 4 is 11.9 Å². The van der Waals surface area contributed by atoms with Gasteiger partial charge in [-0.3, -0.25) is 9.59 Å². The molecule has 1 aromatic heterocycles. The normalized spacial score (nSPS) is 9.87. The molecule has 0 aliphatic heterocycles. The first-order valence-corrected chi connectivity index (χ1v) is 4.42. The van der Waals surface area contributed by atoms with Crippen LogP contribution >= 0.6 is 0 Å². The van der Waals surface area contributed by atoms with E-state index in [-0.39, 0.29) is 25.3 Å². The fourth-order valence-electron chi connectivity index (χ4n) is 0.937. The number of aliphatic carboxylic acids is 1. The predicted molar refractivity (Wildman–Crippen MR) is 47.6 cm³/mol. The van der Waals surface area contributed by atoms with E-state index in [0.29, 0.717) is 12.2 Å². The highest BCUT2D eigenvalue weighted by Crippen LogP contribution is 1.95. The van der Waals surface area contributed by atoms with Crippen LogP contribution in [0.2, 0.25) is 0 Å². The minimum Gasteiger partial charge on any atom is -0.481 e. The van der Waals surface area contributed by atoms with Gasteiger partial charge in [0, 0.05) is 12.8 Å². The van der Waals surface area contributed by atoms with Crippen molar-refractivity contribution < 1.29 is 19.2 Å². The van der Waals surface area contributed by atoms with Crippen LogP contribution in [-0.2, 0) is 16.1 Å². The van der Waals surface area contributed by atoms with Crippen molar-refractivity contribution in [2.45, 2.75) is 25.8 Å². The number of amides is 1. The molecular formula is C8H11N3O4. The minimum atomic E-state index is -0.902. The second kappa shape index (κ2) is 5.74. The molecule has 0 aliphatic rings. The van der Waals surface area contributed by atoms with Gasteiger partial charge in [-0.25, -0.2) is 0 Å². The van der Waals surface area contributed by atoms with Crippen molar-refractivity contribution in [2.75, 3.05) is 0 Å². The summed E-state index contributed by atoms with van der Waals surface area (Å²) in [6.07, 6.45) is 1.68. The Morgan fingerprint density at radius 2 is 2.27 bits per heavy atom. The molecule has 7 nitrogen and oxygen atoms in total. The Hall–Kier alpha value is -1.92. The number of carbonyl (C=O) groups is 2. The van der Waals surface area contributed by atoms with Gasteiger partial charge in [0.25, 0.3) is 0 Å². The summed E-state index contributed by atoms with van der Waals surface area (Å²) in [5.74, 6) is -0.733. The lowest BCUT2D eigenvalue weighted by Gasteiger charge is -2.00. The maximum absolute atomic E-state index is 11.1. The van der Waals surface area contributed by atoms with E-state index < -0.39 is 5.97 Å². The molecule has 0 spiro atoms. The van der Waals surface area contributed by atoms with E-state index in [1.54, 1.807) is 0 Å². The summed E-state index contributed by atoms with van der Waals surface area (Å²) in [4.78, 5) is 25.0. The van der Waals surface area contributed by atoms with Crippen molar-refractivity contribution in [3.05, 3.63) is 12.2 Å². The Morgan fingerprint density at radius 1 is 1.47 bits per heavy atom. The quantitative estimate of drug-likeness (QED) is 0.685. The summed E-state index contributed by atoms with van der Waals surface area (Å²) in [5.41, 5.74) is 0. The number of carboxylic acid groups (broad SMARTS) is 1. The summed E-state index contributed by atoms with van der Waals surface area (Å²) < 4.78 is 4.47. The van der Waals surface area contributed by atoms with Crippen molar-refractivity contribution in [3.8, 4) is 0 Å². The van der Waals surface area contributed by atoms with Crippen LogP contribution < -0.4 is 5.32 Å². The molecule has 1 aromatic rings. The molecule has 0 saturated carbocycles. The number of carboxylic acids is 1. The van der Waals surface area contributed by atoms with E-state index in [1.807, 2.05) is 0 Å². The SMILES string of the molecule is O=C(O)CCCC(=O)NCc1ncon1. The zero-order valence-corrected chi connectivity index (χ0v) is 7.97. The van der Waals surface area contributed by atoms with E-state index in [9.17, 15) is 9.59 Å². The molecule has 1 amide bonds. The lowest BCUT2D eigenvalue weighted by atomic mass is 10.2. The average molecular weight is 213 g/mol. The van der Waals surface area contributed by atoms with Crippen LogP contribution in [0, 0.1) is 0 Å². The Bertz CT molecular complexity index is 323. The Kier molecular flexibility index (Phi) is 4.27. The topological polar surface area (TPSA) is 105 Å². The fraction of sp³-hybridized carbons (Fsp3) is 0.500. The predicted octanol–water partition coefficient (Wildman–Crippen LogP) is -0.0593. The number of rotatable bonds is 6. The first-order chi connectivity index (χ1) is 7.18. The van der Waals surface area contributed by atoms with Gasteiger partial charge in [0.05, 0.1) is 6.54 Å². The Balaban J connectivity index is 2.11. The van der Waals surface area contributed by atoms with E-state index in [2.05, 4.69) is 20.0 Å². The van der Waals surface area contributed by atoms with Crippen LogP contribution in [0.1, 0.15) is 25.1 Å². The Labute approximate surface area is 85.5 Å². The molecule has 0 aliphatic carbocycles. The van der Waals surface area contributed by atoms with Crippen LogP contribution in [-0.4, -0.2) is 27.1 Å². The molecule has 0 unspecified atom stereocenters. The highest BCUT2D eigenvalue weighted by molar-refractivity contribution is 5.76. The van der Waals surface area contributed by atoms with Gasteiger partial charge in [-0.1, -0.05) is 5.16 Å². The van der Waals surface area contributed by atoms with E-state index in [0.717, 1.165) is 0 Å². The third kappa shape index (κ3) is 4.75. The van der Waals surface area contributed by atoms with Crippen molar-refractivity contribution in [3.63, 3.8) is 0 Å². The number of hydrogen-bond donors (Lipinski definition) is 2. The lowest BCUT2D eigenvalue weighted by Crippen LogP contribution is -2.23. The van der Waals surface area contributed by atoms with Gasteiger partial charge in [-0.2, -0.15) is 4.98 Å². The summed E-state index contributed by atoms with van der Waals surface area (Å²) in [6, 6.07) is 0. The highest BCUT2D eigenvalue weighted by Gasteiger charge is 2.05. The van der Waals surface area contributed by atoms with Gasteiger partial charge in [0.15, 0.2) is 5.82 Å². The van der Waals surface area contributed by atoms with Gasteiger partial charge in [0.1, 0.15) is 0 Å². The summed E-state index contributed by atoms with van der Waals surface area (Å²) in [5, 5.41) is 14.4. The van der Waals surface area contributed by atoms with Crippen LogP contribution in [0.25, 0.3) is 0 Å². The molecule has 0 aromatic carbocycles. The number of nitrogens with zero attached hydrogens (tertiary/aromatic N) is 2. The number of hydrogen-bond acceptors (Lipinski definition) is 5. The molecule has 0 fully saturated rings. The number of carbonyl (C=O) groups excluding carboxylic acids is 1. The van der Waals surface area contributed by atoms with Gasteiger partial charge >= 0.3 is 5.97 Å². The maximum atomic E-state index is 11.1. The lowest BCUT2D eigenvalue weighted by molar-refractivity contribution is -0.137. The number of nitrogens with one attached hydrogen (secondary N) is 1. The second-order valence-corrected chi connectivity index (χ2v) is 2.87. The molecular weight excluding hydrogens is 202 g/mol. The molecule has 15 heavy (non-hydrogen) atoms. The molecule has 1 rings (SSSR count). The van der Waals surface area contributed by atoms with Crippen LogP contribution in [0.4, 0.5) is 0 Å². The molecule has 2 N–H and O–H groups in total. The maximum Gasteiger partial charge on any atom is 0.303 e. The highest BCUT2D eigenvalue weighted by atomic mass is 16.5. The smallest absolute Gasteiger partial charge is 0.303 e. The third-order valence-electron chi connectivity index (χ3n) is 1.65.